The topological polar surface area (TPSA) is 42.0 Å². The van der Waals surface area contributed by atoms with Crippen LogP contribution in [-0.4, -0.2) is 10.9 Å². The fraction of sp³-hybridized carbons (Fsp3) is 0. The molecule has 2 aromatic rings. The zero-order valence-corrected chi connectivity index (χ0v) is 9.71. The fourth-order valence-corrected chi connectivity index (χ4v) is 1.51. The summed E-state index contributed by atoms with van der Waals surface area (Å²) in [5.74, 6) is -2.40. The highest BCUT2D eigenvalue weighted by molar-refractivity contribution is 6.32. The summed E-state index contributed by atoms with van der Waals surface area (Å²) in [7, 11) is 0. The second-order valence-electron chi connectivity index (χ2n) is 3.42. The second kappa shape index (κ2) is 5.10. The van der Waals surface area contributed by atoms with E-state index >= 15 is 0 Å². The molecule has 0 unspecified atom stereocenters. The Morgan fingerprint density at radius 1 is 1.28 bits per heavy atom. The highest BCUT2D eigenvalue weighted by atomic mass is 35.5. The number of aromatic nitrogens is 1. The van der Waals surface area contributed by atoms with Gasteiger partial charge in [0.1, 0.15) is 11.6 Å². The quantitative estimate of drug-likeness (QED) is 0.850. The molecular formula is C12H7ClF2N2O. The molecule has 0 aliphatic rings. The molecule has 0 aliphatic heterocycles. The van der Waals surface area contributed by atoms with Gasteiger partial charge >= 0.3 is 0 Å². The second-order valence-corrected chi connectivity index (χ2v) is 3.78. The van der Waals surface area contributed by atoms with E-state index in [2.05, 4.69) is 10.3 Å². The van der Waals surface area contributed by atoms with Gasteiger partial charge in [0, 0.05) is 12.3 Å². The summed E-state index contributed by atoms with van der Waals surface area (Å²) in [6.45, 7) is 0. The SMILES string of the molecule is O=C(Nc1cccnc1Cl)c1ccc(F)cc1F. The van der Waals surface area contributed by atoms with Gasteiger partial charge in [-0.05, 0) is 24.3 Å². The van der Waals surface area contributed by atoms with Crippen molar-refractivity contribution >= 4 is 23.2 Å². The van der Waals surface area contributed by atoms with E-state index in [1.807, 2.05) is 0 Å². The third-order valence-electron chi connectivity index (χ3n) is 2.18. The Kier molecular flexibility index (Phi) is 3.53. The number of carbonyl (C=O) groups is 1. The lowest BCUT2D eigenvalue weighted by Gasteiger charge is -2.06. The van der Waals surface area contributed by atoms with Gasteiger partial charge < -0.3 is 5.32 Å². The van der Waals surface area contributed by atoms with Gasteiger partial charge in [-0.3, -0.25) is 4.79 Å². The van der Waals surface area contributed by atoms with Crippen LogP contribution in [0.3, 0.4) is 0 Å². The smallest absolute Gasteiger partial charge is 0.258 e. The van der Waals surface area contributed by atoms with E-state index in [0.29, 0.717) is 6.07 Å². The average molecular weight is 269 g/mol. The zero-order valence-electron chi connectivity index (χ0n) is 8.95. The molecule has 18 heavy (non-hydrogen) atoms. The number of hydrogen-bond donors (Lipinski definition) is 1. The van der Waals surface area contributed by atoms with Crippen LogP contribution in [0.1, 0.15) is 10.4 Å². The lowest BCUT2D eigenvalue weighted by atomic mass is 10.2. The predicted molar refractivity (Wildman–Crippen MR) is 63.6 cm³/mol. The molecule has 1 N–H and O–H groups in total. The Morgan fingerprint density at radius 3 is 2.72 bits per heavy atom. The van der Waals surface area contributed by atoms with Crippen LogP contribution in [-0.2, 0) is 0 Å². The third-order valence-corrected chi connectivity index (χ3v) is 2.48. The Labute approximate surface area is 106 Å². The average Bonchev–Trinajstić information content (AvgIpc) is 2.32. The van der Waals surface area contributed by atoms with E-state index in [1.165, 1.54) is 12.3 Å². The van der Waals surface area contributed by atoms with Gasteiger partial charge in [0.25, 0.3) is 5.91 Å². The Morgan fingerprint density at radius 2 is 2.06 bits per heavy atom. The molecule has 1 aromatic carbocycles. The molecule has 0 atom stereocenters. The van der Waals surface area contributed by atoms with Crippen LogP contribution in [0.2, 0.25) is 5.15 Å². The van der Waals surface area contributed by atoms with Crippen molar-refractivity contribution in [3.05, 3.63) is 58.9 Å². The number of pyridine rings is 1. The minimum Gasteiger partial charge on any atom is -0.319 e. The molecule has 0 radical (unpaired) electrons. The molecule has 1 aromatic heterocycles. The Hall–Kier alpha value is -2.01. The maximum atomic E-state index is 13.4. The molecular weight excluding hydrogens is 262 g/mol. The number of amides is 1. The van der Waals surface area contributed by atoms with Crippen LogP contribution >= 0.6 is 11.6 Å². The fourth-order valence-electron chi connectivity index (χ4n) is 1.34. The van der Waals surface area contributed by atoms with E-state index in [-0.39, 0.29) is 16.4 Å². The Bertz CT molecular complexity index is 604. The standard InChI is InChI=1S/C12H7ClF2N2O/c13-11-10(2-1-5-16-11)17-12(18)8-4-3-7(14)6-9(8)15/h1-6H,(H,17,18). The number of carbonyl (C=O) groups excluding carboxylic acids is 1. The van der Waals surface area contributed by atoms with Crippen LogP contribution in [0.4, 0.5) is 14.5 Å². The van der Waals surface area contributed by atoms with Crippen LogP contribution in [0.15, 0.2) is 36.5 Å². The highest BCUT2D eigenvalue weighted by Crippen LogP contribution is 2.19. The van der Waals surface area contributed by atoms with E-state index in [1.54, 1.807) is 6.07 Å². The molecule has 6 heteroatoms. The largest absolute Gasteiger partial charge is 0.319 e. The van der Waals surface area contributed by atoms with E-state index in [0.717, 1.165) is 12.1 Å². The zero-order chi connectivity index (χ0) is 13.1. The van der Waals surface area contributed by atoms with Crippen molar-refractivity contribution < 1.29 is 13.6 Å². The third kappa shape index (κ3) is 2.62. The predicted octanol–water partition coefficient (Wildman–Crippen LogP) is 3.27. The molecule has 1 amide bonds. The van der Waals surface area contributed by atoms with Crippen molar-refractivity contribution in [1.29, 1.82) is 0 Å². The van der Waals surface area contributed by atoms with Crippen molar-refractivity contribution in [1.82, 2.24) is 4.98 Å². The summed E-state index contributed by atoms with van der Waals surface area (Å²) in [6.07, 6.45) is 1.45. The monoisotopic (exact) mass is 268 g/mol. The van der Waals surface area contributed by atoms with Gasteiger partial charge in [-0.15, -0.1) is 0 Å². The van der Waals surface area contributed by atoms with Crippen molar-refractivity contribution in [3.8, 4) is 0 Å². The number of rotatable bonds is 2. The van der Waals surface area contributed by atoms with Gasteiger partial charge in [-0.1, -0.05) is 11.6 Å². The van der Waals surface area contributed by atoms with Crippen LogP contribution < -0.4 is 5.32 Å². The van der Waals surface area contributed by atoms with Crippen molar-refractivity contribution in [2.45, 2.75) is 0 Å². The van der Waals surface area contributed by atoms with Crippen molar-refractivity contribution in [2.75, 3.05) is 5.32 Å². The van der Waals surface area contributed by atoms with Gasteiger partial charge in [-0.25, -0.2) is 13.8 Å². The number of benzene rings is 1. The first-order valence-corrected chi connectivity index (χ1v) is 5.32. The summed E-state index contributed by atoms with van der Waals surface area (Å²) in [5.41, 5.74) is -0.00999. The summed E-state index contributed by atoms with van der Waals surface area (Å²) in [6, 6.07) is 5.80. The van der Waals surface area contributed by atoms with Gasteiger partial charge in [0.15, 0.2) is 5.15 Å². The molecule has 1 heterocycles. The molecule has 0 bridgehead atoms. The van der Waals surface area contributed by atoms with Crippen molar-refractivity contribution in [3.63, 3.8) is 0 Å². The summed E-state index contributed by atoms with van der Waals surface area (Å²) in [4.78, 5) is 15.5. The lowest BCUT2D eigenvalue weighted by molar-refractivity contribution is 0.102. The molecule has 0 saturated carbocycles. The maximum absolute atomic E-state index is 13.4. The van der Waals surface area contributed by atoms with Crippen molar-refractivity contribution in [2.24, 2.45) is 0 Å². The number of hydrogen-bond acceptors (Lipinski definition) is 2. The lowest BCUT2D eigenvalue weighted by Crippen LogP contribution is -2.14. The first kappa shape index (κ1) is 12.4. The van der Waals surface area contributed by atoms with E-state index in [4.69, 9.17) is 11.6 Å². The molecule has 2 rings (SSSR count). The van der Waals surface area contributed by atoms with Gasteiger partial charge in [0.05, 0.1) is 11.3 Å². The van der Waals surface area contributed by atoms with Crippen LogP contribution in [0, 0.1) is 11.6 Å². The first-order chi connectivity index (χ1) is 8.58. The molecule has 0 fully saturated rings. The molecule has 0 saturated heterocycles. The molecule has 0 aliphatic carbocycles. The van der Waals surface area contributed by atoms with Gasteiger partial charge in [0.2, 0.25) is 0 Å². The normalized spacial score (nSPS) is 10.2. The molecule has 0 spiro atoms. The minimum atomic E-state index is -0.937. The van der Waals surface area contributed by atoms with E-state index in [9.17, 15) is 13.6 Å². The molecule has 3 nitrogen and oxygen atoms in total. The number of anilines is 1. The number of nitrogens with zero attached hydrogens (tertiary/aromatic N) is 1. The van der Waals surface area contributed by atoms with E-state index < -0.39 is 17.5 Å². The number of halogens is 3. The first-order valence-electron chi connectivity index (χ1n) is 4.95. The Balaban J connectivity index is 2.25. The minimum absolute atomic E-state index is 0.0911. The highest BCUT2D eigenvalue weighted by Gasteiger charge is 2.13. The number of nitrogens with one attached hydrogen (secondary N) is 1. The summed E-state index contributed by atoms with van der Waals surface area (Å²) < 4.78 is 26.1. The van der Waals surface area contributed by atoms with Crippen LogP contribution in [0.25, 0.3) is 0 Å². The summed E-state index contributed by atoms with van der Waals surface area (Å²) >= 11 is 5.74. The van der Waals surface area contributed by atoms with Gasteiger partial charge in [-0.2, -0.15) is 0 Å². The summed E-state index contributed by atoms with van der Waals surface area (Å²) in [5, 5.41) is 2.48. The molecule has 92 valence electrons. The van der Waals surface area contributed by atoms with Crippen LogP contribution in [0.5, 0.6) is 0 Å². The maximum Gasteiger partial charge on any atom is 0.258 e.